The summed E-state index contributed by atoms with van der Waals surface area (Å²) in [4.78, 5) is 8.16. The standard InChI is InChI=1S/C12H19ClN2O/c1-4-5-9(2)11(13)6-10-7-12(16-3)15-8-14-10/h7-9,11H,4-6H2,1-3H3. The Morgan fingerprint density at radius 1 is 1.44 bits per heavy atom. The van der Waals surface area contributed by atoms with E-state index in [0.717, 1.165) is 25.0 Å². The van der Waals surface area contributed by atoms with Gasteiger partial charge in [-0.25, -0.2) is 9.97 Å². The Bertz CT molecular complexity index is 320. The Balaban J connectivity index is 2.58. The van der Waals surface area contributed by atoms with Gasteiger partial charge in [0.15, 0.2) is 0 Å². The van der Waals surface area contributed by atoms with E-state index >= 15 is 0 Å². The van der Waals surface area contributed by atoms with Gasteiger partial charge in [-0.3, -0.25) is 0 Å². The highest BCUT2D eigenvalue weighted by molar-refractivity contribution is 6.20. The fourth-order valence-corrected chi connectivity index (χ4v) is 1.92. The molecule has 0 amide bonds. The molecule has 0 radical (unpaired) electrons. The maximum atomic E-state index is 6.34. The molecule has 4 heteroatoms. The molecule has 3 nitrogen and oxygen atoms in total. The number of hydrogen-bond donors (Lipinski definition) is 0. The Labute approximate surface area is 102 Å². The van der Waals surface area contributed by atoms with Crippen LogP contribution in [0, 0.1) is 5.92 Å². The zero-order valence-corrected chi connectivity index (χ0v) is 10.9. The predicted octanol–water partition coefficient (Wildman–Crippen LogP) is 3.07. The van der Waals surface area contributed by atoms with Crippen molar-refractivity contribution in [2.45, 2.75) is 38.5 Å². The van der Waals surface area contributed by atoms with E-state index in [1.165, 1.54) is 6.33 Å². The van der Waals surface area contributed by atoms with E-state index in [1.807, 2.05) is 6.07 Å². The first-order valence-electron chi connectivity index (χ1n) is 5.66. The highest BCUT2D eigenvalue weighted by Crippen LogP contribution is 2.20. The van der Waals surface area contributed by atoms with Crippen LogP contribution in [0.2, 0.25) is 0 Å². The Morgan fingerprint density at radius 2 is 2.19 bits per heavy atom. The number of hydrogen-bond acceptors (Lipinski definition) is 3. The number of alkyl halides is 1. The molecule has 1 rings (SSSR count). The van der Waals surface area contributed by atoms with Crippen molar-refractivity contribution >= 4 is 11.6 Å². The maximum absolute atomic E-state index is 6.34. The van der Waals surface area contributed by atoms with Gasteiger partial charge in [-0.1, -0.05) is 20.3 Å². The van der Waals surface area contributed by atoms with Crippen LogP contribution in [0.5, 0.6) is 5.88 Å². The van der Waals surface area contributed by atoms with Crippen molar-refractivity contribution in [2.24, 2.45) is 5.92 Å². The van der Waals surface area contributed by atoms with Gasteiger partial charge in [0.05, 0.1) is 7.11 Å². The van der Waals surface area contributed by atoms with E-state index < -0.39 is 0 Å². The highest BCUT2D eigenvalue weighted by Gasteiger charge is 2.15. The molecule has 0 aromatic carbocycles. The van der Waals surface area contributed by atoms with E-state index in [-0.39, 0.29) is 5.38 Å². The minimum absolute atomic E-state index is 0.125. The van der Waals surface area contributed by atoms with Crippen molar-refractivity contribution in [2.75, 3.05) is 7.11 Å². The topological polar surface area (TPSA) is 35.0 Å². The van der Waals surface area contributed by atoms with E-state index in [1.54, 1.807) is 7.11 Å². The summed E-state index contributed by atoms with van der Waals surface area (Å²) >= 11 is 6.34. The van der Waals surface area contributed by atoms with Crippen molar-refractivity contribution in [3.63, 3.8) is 0 Å². The monoisotopic (exact) mass is 242 g/mol. The molecule has 1 aromatic heterocycles. The second-order valence-electron chi connectivity index (χ2n) is 4.04. The SMILES string of the molecule is CCCC(C)C(Cl)Cc1cc(OC)ncn1. The number of methoxy groups -OCH3 is 1. The van der Waals surface area contributed by atoms with Crippen LogP contribution in [0.15, 0.2) is 12.4 Å². The van der Waals surface area contributed by atoms with Gasteiger partial charge in [0.1, 0.15) is 6.33 Å². The second kappa shape index (κ2) is 6.69. The van der Waals surface area contributed by atoms with Gasteiger partial charge in [0.25, 0.3) is 0 Å². The van der Waals surface area contributed by atoms with Gasteiger partial charge in [-0.2, -0.15) is 0 Å². The van der Waals surface area contributed by atoms with Gasteiger partial charge in [0.2, 0.25) is 5.88 Å². The third kappa shape index (κ3) is 3.97. The summed E-state index contributed by atoms with van der Waals surface area (Å²) in [5.74, 6) is 1.10. The van der Waals surface area contributed by atoms with Crippen LogP contribution in [0.1, 0.15) is 32.4 Å². The number of aromatic nitrogens is 2. The first kappa shape index (κ1) is 13.2. The van der Waals surface area contributed by atoms with Crippen LogP contribution in [0.3, 0.4) is 0 Å². The fraction of sp³-hybridized carbons (Fsp3) is 0.667. The first-order chi connectivity index (χ1) is 7.67. The molecular weight excluding hydrogens is 224 g/mol. The summed E-state index contributed by atoms with van der Waals surface area (Å²) in [7, 11) is 1.60. The molecule has 0 aliphatic heterocycles. The third-order valence-electron chi connectivity index (χ3n) is 2.67. The Kier molecular flexibility index (Phi) is 5.53. The van der Waals surface area contributed by atoms with Crippen molar-refractivity contribution in [1.29, 1.82) is 0 Å². The molecule has 0 fully saturated rings. The van der Waals surface area contributed by atoms with Gasteiger partial charge >= 0.3 is 0 Å². The van der Waals surface area contributed by atoms with Crippen LogP contribution in [0.4, 0.5) is 0 Å². The number of halogens is 1. The van der Waals surface area contributed by atoms with E-state index in [2.05, 4.69) is 23.8 Å². The molecule has 2 atom stereocenters. The third-order valence-corrected chi connectivity index (χ3v) is 3.26. The lowest BCUT2D eigenvalue weighted by Gasteiger charge is -2.16. The van der Waals surface area contributed by atoms with Crippen molar-refractivity contribution in [1.82, 2.24) is 9.97 Å². The molecule has 1 heterocycles. The molecule has 0 aliphatic rings. The van der Waals surface area contributed by atoms with Crippen LogP contribution in [-0.4, -0.2) is 22.5 Å². The lowest BCUT2D eigenvalue weighted by Crippen LogP contribution is -2.15. The molecule has 16 heavy (non-hydrogen) atoms. The quantitative estimate of drug-likeness (QED) is 0.719. The Morgan fingerprint density at radius 3 is 2.81 bits per heavy atom. The van der Waals surface area contributed by atoms with Crippen molar-refractivity contribution < 1.29 is 4.74 Å². The number of nitrogens with zero attached hydrogens (tertiary/aromatic N) is 2. The molecule has 0 saturated carbocycles. The molecule has 0 N–H and O–H groups in total. The average molecular weight is 243 g/mol. The molecule has 0 bridgehead atoms. The molecular formula is C12H19ClN2O. The van der Waals surface area contributed by atoms with Gasteiger partial charge in [-0.05, 0) is 12.3 Å². The smallest absolute Gasteiger partial charge is 0.216 e. The highest BCUT2D eigenvalue weighted by atomic mass is 35.5. The average Bonchev–Trinajstić information content (AvgIpc) is 2.29. The minimum atomic E-state index is 0.125. The number of rotatable bonds is 6. The van der Waals surface area contributed by atoms with Crippen LogP contribution < -0.4 is 4.74 Å². The Hall–Kier alpha value is -0.830. The van der Waals surface area contributed by atoms with Crippen LogP contribution in [-0.2, 0) is 6.42 Å². The van der Waals surface area contributed by atoms with Crippen LogP contribution in [0.25, 0.3) is 0 Å². The second-order valence-corrected chi connectivity index (χ2v) is 4.60. The molecule has 0 aliphatic carbocycles. The summed E-state index contributed by atoms with van der Waals surface area (Å²) in [6.45, 7) is 4.35. The van der Waals surface area contributed by atoms with Crippen molar-refractivity contribution in [3.8, 4) is 5.88 Å². The van der Waals surface area contributed by atoms with E-state index in [4.69, 9.17) is 16.3 Å². The lowest BCUT2D eigenvalue weighted by atomic mass is 9.98. The summed E-state index contributed by atoms with van der Waals surface area (Å²) in [6, 6.07) is 1.84. The van der Waals surface area contributed by atoms with Crippen molar-refractivity contribution in [3.05, 3.63) is 18.1 Å². The summed E-state index contributed by atoms with van der Waals surface area (Å²) in [6.07, 6.45) is 4.59. The zero-order valence-electron chi connectivity index (χ0n) is 10.1. The van der Waals surface area contributed by atoms with E-state index in [0.29, 0.717) is 11.8 Å². The molecule has 90 valence electrons. The summed E-state index contributed by atoms with van der Waals surface area (Å²) in [5.41, 5.74) is 0.940. The summed E-state index contributed by atoms with van der Waals surface area (Å²) in [5, 5.41) is 0.125. The molecule has 0 spiro atoms. The van der Waals surface area contributed by atoms with Gasteiger partial charge in [-0.15, -0.1) is 11.6 Å². The summed E-state index contributed by atoms with van der Waals surface area (Å²) < 4.78 is 5.05. The number of ether oxygens (including phenoxy) is 1. The van der Waals surface area contributed by atoms with Crippen LogP contribution >= 0.6 is 11.6 Å². The molecule has 2 unspecified atom stereocenters. The predicted molar refractivity (Wildman–Crippen MR) is 66.0 cm³/mol. The lowest BCUT2D eigenvalue weighted by molar-refractivity contribution is 0.395. The molecule has 0 saturated heterocycles. The zero-order chi connectivity index (χ0) is 12.0. The van der Waals surface area contributed by atoms with E-state index in [9.17, 15) is 0 Å². The largest absolute Gasteiger partial charge is 0.481 e. The fourth-order valence-electron chi connectivity index (χ4n) is 1.64. The minimum Gasteiger partial charge on any atom is -0.481 e. The normalized spacial score (nSPS) is 14.5. The van der Waals surface area contributed by atoms with Gasteiger partial charge in [0, 0.05) is 23.6 Å². The van der Waals surface area contributed by atoms with Gasteiger partial charge < -0.3 is 4.74 Å². The maximum Gasteiger partial charge on any atom is 0.216 e. The first-order valence-corrected chi connectivity index (χ1v) is 6.10. The molecule has 1 aromatic rings.